The van der Waals surface area contributed by atoms with Crippen LogP contribution in [0.3, 0.4) is 0 Å². The molecule has 4 rings (SSSR count). The Morgan fingerprint density at radius 2 is 1.84 bits per heavy atom. The van der Waals surface area contributed by atoms with Crippen LogP contribution >= 0.6 is 0 Å². The molecule has 0 radical (unpaired) electrons. The lowest BCUT2D eigenvalue weighted by Crippen LogP contribution is -2.22. The average molecular weight is 432 g/mol. The van der Waals surface area contributed by atoms with Crippen molar-refractivity contribution in [1.29, 1.82) is 0 Å². The molecule has 0 saturated heterocycles. The molecule has 0 aliphatic rings. The Balaban J connectivity index is 2.06. The van der Waals surface area contributed by atoms with Gasteiger partial charge in [0.2, 0.25) is 0 Å². The molecule has 0 aliphatic carbocycles. The van der Waals surface area contributed by atoms with Gasteiger partial charge in [-0.05, 0) is 32.0 Å². The fourth-order valence-corrected chi connectivity index (χ4v) is 3.88. The third-order valence-electron chi connectivity index (χ3n) is 5.29. The molecule has 7 nitrogen and oxygen atoms in total. The lowest BCUT2D eigenvalue weighted by molar-refractivity contribution is -0.111. The van der Waals surface area contributed by atoms with Crippen molar-refractivity contribution in [3.05, 3.63) is 81.8 Å². The van der Waals surface area contributed by atoms with Crippen molar-refractivity contribution in [3.8, 4) is 5.75 Å². The summed E-state index contributed by atoms with van der Waals surface area (Å²) in [7, 11) is 1.48. The fraction of sp³-hybridized carbons (Fsp3) is 0.167. The van der Waals surface area contributed by atoms with E-state index in [2.05, 4.69) is 9.97 Å². The van der Waals surface area contributed by atoms with Gasteiger partial charge in [-0.15, -0.1) is 0 Å². The molecule has 2 N–H and O–H groups in total. The number of pyridine rings is 1. The minimum Gasteiger partial charge on any atom is -0.496 e. The number of fused-ring (bicyclic) bond motifs is 3. The van der Waals surface area contributed by atoms with Crippen molar-refractivity contribution in [3.63, 3.8) is 0 Å². The molecule has 32 heavy (non-hydrogen) atoms. The smallest absolute Gasteiger partial charge is 0.269 e. The van der Waals surface area contributed by atoms with Gasteiger partial charge < -0.3 is 15.0 Å². The van der Waals surface area contributed by atoms with E-state index in [1.807, 2.05) is 0 Å². The number of allylic oxidation sites excluding steroid dienone is 2. The van der Waals surface area contributed by atoms with E-state index in [0.717, 1.165) is 0 Å². The number of rotatable bonds is 5. The van der Waals surface area contributed by atoms with Crippen molar-refractivity contribution in [2.75, 3.05) is 7.11 Å². The van der Waals surface area contributed by atoms with E-state index in [9.17, 15) is 14.0 Å². The maximum absolute atomic E-state index is 14.3. The number of Topliss-reactive ketones (excluding diaryl/α,β-unsaturated/α-hetero) is 1. The van der Waals surface area contributed by atoms with Crippen LogP contribution in [-0.2, 0) is 11.3 Å². The number of benzene rings is 2. The van der Waals surface area contributed by atoms with Gasteiger partial charge in [-0.25, -0.2) is 9.37 Å². The molecule has 0 unspecified atom stereocenters. The predicted molar refractivity (Wildman–Crippen MR) is 121 cm³/mol. The third-order valence-corrected chi connectivity index (χ3v) is 5.29. The summed E-state index contributed by atoms with van der Waals surface area (Å²) >= 11 is 0. The van der Waals surface area contributed by atoms with Gasteiger partial charge in [0.25, 0.3) is 5.56 Å². The topological polar surface area (TPSA) is 100 Å². The largest absolute Gasteiger partial charge is 0.496 e. The summed E-state index contributed by atoms with van der Waals surface area (Å²) in [6, 6.07) is 9.69. The highest BCUT2D eigenvalue weighted by Gasteiger charge is 2.19. The molecule has 8 heteroatoms. The molecule has 4 aromatic rings. The fourth-order valence-electron chi connectivity index (χ4n) is 3.88. The van der Waals surface area contributed by atoms with Crippen LogP contribution in [0.2, 0.25) is 0 Å². The van der Waals surface area contributed by atoms with E-state index < -0.39 is 5.82 Å². The molecule has 2 heterocycles. The van der Waals surface area contributed by atoms with Crippen molar-refractivity contribution >= 4 is 33.3 Å². The van der Waals surface area contributed by atoms with E-state index in [1.165, 1.54) is 37.1 Å². The number of hydrogen-bond donors (Lipinski definition) is 1. The Morgan fingerprint density at radius 1 is 1.12 bits per heavy atom. The normalized spacial score (nSPS) is 12.1. The Kier molecular flexibility index (Phi) is 5.44. The van der Waals surface area contributed by atoms with Crippen LogP contribution in [0.15, 0.2) is 59.3 Å². The van der Waals surface area contributed by atoms with Gasteiger partial charge in [0, 0.05) is 27.8 Å². The zero-order valence-corrected chi connectivity index (χ0v) is 17.8. The summed E-state index contributed by atoms with van der Waals surface area (Å²) < 4.78 is 21.3. The molecule has 0 bridgehead atoms. The second-order valence-corrected chi connectivity index (χ2v) is 7.45. The summed E-state index contributed by atoms with van der Waals surface area (Å²) in [6.07, 6.45) is 2.73. The van der Waals surface area contributed by atoms with E-state index >= 15 is 0 Å². The number of hydrogen-bond acceptors (Lipinski definition) is 6. The lowest BCUT2D eigenvalue weighted by Gasteiger charge is -2.16. The molecule has 0 atom stereocenters. The molecule has 2 aromatic carbocycles. The number of ether oxygens (including phenoxy) is 1. The summed E-state index contributed by atoms with van der Waals surface area (Å²) in [4.78, 5) is 33.7. The van der Waals surface area contributed by atoms with Crippen LogP contribution < -0.4 is 16.0 Å². The Labute approximate surface area is 183 Å². The molecule has 0 spiro atoms. The van der Waals surface area contributed by atoms with Crippen LogP contribution in [-0.4, -0.2) is 27.4 Å². The second-order valence-electron chi connectivity index (χ2n) is 7.45. The molecule has 0 saturated carbocycles. The van der Waals surface area contributed by atoms with Gasteiger partial charge in [0.1, 0.15) is 17.1 Å². The zero-order valence-electron chi connectivity index (χ0n) is 17.8. The lowest BCUT2D eigenvalue weighted by atomic mass is 9.97. The first-order valence-corrected chi connectivity index (χ1v) is 9.89. The maximum Gasteiger partial charge on any atom is 0.269 e. The predicted octanol–water partition coefficient (Wildman–Crippen LogP) is 3.42. The molecular formula is C24H21FN4O3. The van der Waals surface area contributed by atoms with Gasteiger partial charge >= 0.3 is 0 Å². The molecule has 0 amide bonds. The summed E-state index contributed by atoms with van der Waals surface area (Å²) in [5.74, 6) is -0.214. The van der Waals surface area contributed by atoms with Crippen molar-refractivity contribution in [2.24, 2.45) is 5.73 Å². The van der Waals surface area contributed by atoms with Gasteiger partial charge in [0.15, 0.2) is 5.78 Å². The van der Waals surface area contributed by atoms with Crippen molar-refractivity contribution < 1.29 is 13.9 Å². The van der Waals surface area contributed by atoms with Gasteiger partial charge in [-0.3, -0.25) is 14.6 Å². The van der Waals surface area contributed by atoms with E-state index in [-0.39, 0.29) is 17.9 Å². The number of methoxy groups -OCH3 is 1. The number of aromatic nitrogens is 3. The van der Waals surface area contributed by atoms with Gasteiger partial charge in [-0.1, -0.05) is 18.2 Å². The molecule has 0 aliphatic heterocycles. The summed E-state index contributed by atoms with van der Waals surface area (Å²) in [5, 5.41) is 0.585. The molecule has 0 fully saturated rings. The molecular weight excluding hydrogens is 411 g/mol. The minimum absolute atomic E-state index is 0.0220. The Morgan fingerprint density at radius 3 is 2.50 bits per heavy atom. The second kappa shape index (κ2) is 8.22. The Hall–Kier alpha value is -4.07. The van der Waals surface area contributed by atoms with Crippen molar-refractivity contribution in [1.82, 2.24) is 14.5 Å². The highest BCUT2D eigenvalue weighted by Crippen LogP contribution is 2.34. The van der Waals surface area contributed by atoms with Crippen LogP contribution in [0.1, 0.15) is 25.0 Å². The zero-order chi connectivity index (χ0) is 23.0. The average Bonchev–Trinajstić information content (AvgIpc) is 2.75. The first-order chi connectivity index (χ1) is 15.3. The highest BCUT2D eigenvalue weighted by molar-refractivity contribution is 6.22. The van der Waals surface area contributed by atoms with Crippen LogP contribution in [0.25, 0.3) is 27.5 Å². The first-order valence-electron chi connectivity index (χ1n) is 9.89. The van der Waals surface area contributed by atoms with Crippen LogP contribution in [0, 0.1) is 5.82 Å². The molecule has 162 valence electrons. The summed E-state index contributed by atoms with van der Waals surface area (Å²) in [5.41, 5.74) is 8.64. The number of halogens is 1. The van der Waals surface area contributed by atoms with Crippen LogP contribution in [0.4, 0.5) is 4.39 Å². The summed E-state index contributed by atoms with van der Waals surface area (Å²) in [6.45, 7) is 3.09. The monoisotopic (exact) mass is 432 g/mol. The molecule has 2 aromatic heterocycles. The standard InChI is InChI=1S/C24H21FN4O3/c1-13(26)23(14(2)30)17-8-19-16(9-21(17)32-3)24-20(10-27-19)28-11-22(31)29(24)12-15-6-4-5-7-18(15)25/h4-11H,12,26H2,1-3H3. The van der Waals surface area contributed by atoms with E-state index in [4.69, 9.17) is 10.5 Å². The van der Waals surface area contributed by atoms with Crippen LogP contribution in [0.5, 0.6) is 5.75 Å². The quantitative estimate of drug-likeness (QED) is 0.383. The number of nitrogens with two attached hydrogens (primary N) is 1. The van der Waals surface area contributed by atoms with Crippen molar-refractivity contribution in [2.45, 2.75) is 20.4 Å². The number of carbonyl (C=O) groups excluding carboxylic acids is 1. The number of carbonyl (C=O) groups is 1. The van der Waals surface area contributed by atoms with E-state index in [1.54, 1.807) is 37.3 Å². The number of ketones is 1. The Bertz CT molecular complexity index is 1470. The van der Waals surface area contributed by atoms with Gasteiger partial charge in [-0.2, -0.15) is 0 Å². The third kappa shape index (κ3) is 3.60. The van der Waals surface area contributed by atoms with Gasteiger partial charge in [0.05, 0.1) is 37.1 Å². The minimum atomic E-state index is -0.405. The maximum atomic E-state index is 14.3. The highest BCUT2D eigenvalue weighted by atomic mass is 19.1. The SMILES string of the molecule is COc1cc2c(cc1C(C(C)=O)=C(C)N)ncc1ncc(=O)n(Cc3ccccc3F)c12. The first kappa shape index (κ1) is 21.2. The number of nitrogens with zero attached hydrogens (tertiary/aromatic N) is 3. The van der Waals surface area contributed by atoms with E-state index in [0.29, 0.717) is 50.1 Å².